The SMILES string of the molecule is Cc1cc(N2CC[C@@H](CN3CCN(C4COC4)C4COCC43)CC2(C)C)nn1C1CCN(C(=O)OC(C)(C)C)CC1. The minimum atomic E-state index is -0.463. The Bertz CT molecular complexity index is 1070. The van der Waals surface area contributed by atoms with Gasteiger partial charge in [-0.2, -0.15) is 5.10 Å². The number of carbonyl (C=O) groups excluding carboxylic acids is 1. The summed E-state index contributed by atoms with van der Waals surface area (Å²) in [5.74, 6) is 1.78. The zero-order valence-corrected chi connectivity index (χ0v) is 26.2. The number of hydrogen-bond donors (Lipinski definition) is 0. The van der Waals surface area contributed by atoms with E-state index in [1.165, 1.54) is 25.1 Å². The minimum Gasteiger partial charge on any atom is -0.444 e. The highest BCUT2D eigenvalue weighted by Crippen LogP contribution is 2.38. The summed E-state index contributed by atoms with van der Waals surface area (Å²) in [7, 11) is 0. The maximum atomic E-state index is 12.5. The third-order valence-corrected chi connectivity index (χ3v) is 10.1. The summed E-state index contributed by atoms with van der Waals surface area (Å²) in [6.45, 7) is 22.1. The van der Waals surface area contributed by atoms with Crippen LogP contribution in [0, 0.1) is 12.8 Å². The van der Waals surface area contributed by atoms with E-state index in [2.05, 4.69) is 46.2 Å². The largest absolute Gasteiger partial charge is 0.444 e. The summed E-state index contributed by atoms with van der Waals surface area (Å²) in [6.07, 6.45) is 3.96. The number of piperazine rings is 1. The van der Waals surface area contributed by atoms with Crippen molar-refractivity contribution >= 4 is 11.9 Å². The second-order valence-corrected chi connectivity index (χ2v) is 14.7. The maximum absolute atomic E-state index is 12.5. The van der Waals surface area contributed by atoms with Gasteiger partial charge in [-0.05, 0) is 73.1 Å². The van der Waals surface area contributed by atoms with Crippen LogP contribution in [0.2, 0.25) is 0 Å². The molecule has 230 valence electrons. The van der Waals surface area contributed by atoms with Crippen LogP contribution >= 0.6 is 0 Å². The number of carbonyl (C=O) groups is 1. The molecule has 0 radical (unpaired) electrons. The highest BCUT2D eigenvalue weighted by molar-refractivity contribution is 5.68. The first-order valence-electron chi connectivity index (χ1n) is 16.0. The van der Waals surface area contributed by atoms with Crippen molar-refractivity contribution in [3.8, 4) is 0 Å². The molecule has 1 amide bonds. The molecule has 5 aliphatic rings. The molecule has 5 fully saturated rings. The molecule has 3 atom stereocenters. The van der Waals surface area contributed by atoms with Crippen molar-refractivity contribution in [2.24, 2.45) is 5.92 Å². The number of fused-ring (bicyclic) bond motifs is 1. The molecule has 41 heavy (non-hydrogen) atoms. The molecule has 0 spiro atoms. The first-order chi connectivity index (χ1) is 19.5. The summed E-state index contributed by atoms with van der Waals surface area (Å²) in [5, 5.41) is 5.17. The lowest BCUT2D eigenvalue weighted by Crippen LogP contribution is -2.65. The minimum absolute atomic E-state index is 0.0469. The quantitative estimate of drug-likeness (QED) is 0.531. The fourth-order valence-corrected chi connectivity index (χ4v) is 7.90. The van der Waals surface area contributed by atoms with Crippen LogP contribution in [-0.4, -0.2) is 126 Å². The zero-order valence-electron chi connectivity index (χ0n) is 26.2. The number of ether oxygens (including phenoxy) is 3. The molecule has 5 aliphatic heterocycles. The smallest absolute Gasteiger partial charge is 0.410 e. The van der Waals surface area contributed by atoms with Gasteiger partial charge in [0.25, 0.3) is 0 Å². The lowest BCUT2D eigenvalue weighted by Gasteiger charge is -2.51. The molecular formula is C31H52N6O4. The summed E-state index contributed by atoms with van der Waals surface area (Å²) in [6, 6.07) is 4.22. The third-order valence-electron chi connectivity index (χ3n) is 10.1. The number of hydrogen-bond acceptors (Lipinski definition) is 8. The van der Waals surface area contributed by atoms with Crippen LogP contribution in [0.4, 0.5) is 10.6 Å². The van der Waals surface area contributed by atoms with Crippen molar-refractivity contribution in [3.63, 3.8) is 0 Å². The normalized spacial score (nSPS) is 30.3. The Kier molecular flexibility index (Phi) is 8.06. The second-order valence-electron chi connectivity index (χ2n) is 14.7. The van der Waals surface area contributed by atoms with Gasteiger partial charge < -0.3 is 24.0 Å². The molecule has 10 heteroatoms. The lowest BCUT2D eigenvalue weighted by molar-refractivity contribution is -0.104. The van der Waals surface area contributed by atoms with E-state index in [4.69, 9.17) is 19.3 Å². The maximum Gasteiger partial charge on any atom is 0.410 e. The van der Waals surface area contributed by atoms with Gasteiger partial charge in [0.1, 0.15) is 5.60 Å². The molecule has 6 rings (SSSR count). The van der Waals surface area contributed by atoms with Gasteiger partial charge in [0, 0.05) is 56.6 Å². The number of rotatable bonds is 5. The second kappa shape index (κ2) is 11.3. The van der Waals surface area contributed by atoms with Crippen LogP contribution in [0.25, 0.3) is 0 Å². The Balaban J connectivity index is 1.04. The molecule has 0 N–H and O–H groups in total. The molecule has 0 bridgehead atoms. The van der Waals surface area contributed by atoms with Crippen LogP contribution in [0.5, 0.6) is 0 Å². The van der Waals surface area contributed by atoms with Gasteiger partial charge in [-0.15, -0.1) is 0 Å². The van der Waals surface area contributed by atoms with E-state index in [1.54, 1.807) is 0 Å². The van der Waals surface area contributed by atoms with Crippen LogP contribution in [0.1, 0.15) is 72.0 Å². The molecule has 1 aromatic rings. The van der Waals surface area contributed by atoms with E-state index in [9.17, 15) is 4.79 Å². The highest BCUT2D eigenvalue weighted by atomic mass is 16.6. The number of aryl methyl sites for hydroxylation is 1. The number of nitrogens with zero attached hydrogens (tertiary/aromatic N) is 6. The first kappa shape index (κ1) is 29.2. The fraction of sp³-hybridized carbons (Fsp3) is 0.871. The number of piperidine rings is 2. The summed E-state index contributed by atoms with van der Waals surface area (Å²) in [4.78, 5) is 22.3. The van der Waals surface area contributed by atoms with Gasteiger partial charge in [-0.3, -0.25) is 14.5 Å². The van der Waals surface area contributed by atoms with Crippen molar-refractivity contribution in [3.05, 3.63) is 11.8 Å². The van der Waals surface area contributed by atoms with E-state index < -0.39 is 5.60 Å². The average molecular weight is 573 g/mol. The van der Waals surface area contributed by atoms with Crippen molar-refractivity contribution < 1.29 is 19.0 Å². The number of aromatic nitrogens is 2. The van der Waals surface area contributed by atoms with Gasteiger partial charge >= 0.3 is 6.09 Å². The number of amides is 1. The van der Waals surface area contributed by atoms with Crippen molar-refractivity contribution in [2.75, 3.05) is 70.6 Å². The van der Waals surface area contributed by atoms with Crippen LogP contribution in [0.3, 0.4) is 0 Å². The van der Waals surface area contributed by atoms with Gasteiger partial charge in [0.2, 0.25) is 0 Å². The Hall–Kier alpha value is -1.88. The molecular weight excluding hydrogens is 520 g/mol. The molecule has 6 heterocycles. The van der Waals surface area contributed by atoms with Crippen LogP contribution in [-0.2, 0) is 14.2 Å². The van der Waals surface area contributed by atoms with E-state index in [-0.39, 0.29) is 11.6 Å². The Labute approximate surface area is 246 Å². The molecule has 0 aliphatic carbocycles. The Morgan fingerprint density at radius 2 is 1.68 bits per heavy atom. The predicted molar refractivity (Wildman–Crippen MR) is 158 cm³/mol. The van der Waals surface area contributed by atoms with Gasteiger partial charge in [-0.1, -0.05) is 0 Å². The van der Waals surface area contributed by atoms with Gasteiger partial charge in [0.05, 0.1) is 50.6 Å². The lowest BCUT2D eigenvalue weighted by atomic mass is 9.82. The molecule has 5 saturated heterocycles. The van der Waals surface area contributed by atoms with E-state index in [0.29, 0.717) is 43.2 Å². The highest BCUT2D eigenvalue weighted by Gasteiger charge is 2.46. The van der Waals surface area contributed by atoms with E-state index in [0.717, 1.165) is 64.7 Å². The zero-order chi connectivity index (χ0) is 28.9. The van der Waals surface area contributed by atoms with Crippen LogP contribution in [0.15, 0.2) is 6.07 Å². The summed E-state index contributed by atoms with van der Waals surface area (Å²) in [5.41, 5.74) is 0.788. The first-order valence-corrected chi connectivity index (χ1v) is 16.0. The van der Waals surface area contributed by atoms with E-state index >= 15 is 0 Å². The van der Waals surface area contributed by atoms with Crippen molar-refractivity contribution in [1.82, 2.24) is 24.5 Å². The summed E-state index contributed by atoms with van der Waals surface area (Å²) < 4.78 is 19.3. The average Bonchev–Trinajstić information content (AvgIpc) is 3.50. The Morgan fingerprint density at radius 1 is 0.976 bits per heavy atom. The van der Waals surface area contributed by atoms with Crippen LogP contribution < -0.4 is 4.90 Å². The van der Waals surface area contributed by atoms with Crippen molar-refractivity contribution in [2.45, 2.75) is 103 Å². The molecule has 0 saturated carbocycles. The topological polar surface area (TPSA) is 75.5 Å². The standard InChI is InChI=1S/C31H52N6O4/c1-22-15-28(32-37(22)24-8-10-33(11-9-24)29(38)41-30(2,3)4)36-12-7-23(16-31(36,5)6)17-34-13-14-35(25-18-39-19-25)27-21-40-20-26(27)34/h15,23-27H,7-14,16-21H2,1-6H3/t23-,26?,27?/m1/s1. The predicted octanol–water partition coefficient (Wildman–Crippen LogP) is 3.54. The Morgan fingerprint density at radius 3 is 2.34 bits per heavy atom. The fourth-order valence-electron chi connectivity index (χ4n) is 7.90. The summed E-state index contributed by atoms with van der Waals surface area (Å²) >= 11 is 0. The number of anilines is 1. The third kappa shape index (κ3) is 6.12. The number of likely N-dealkylation sites (tertiary alicyclic amines) is 1. The van der Waals surface area contributed by atoms with Gasteiger partial charge in [0.15, 0.2) is 5.82 Å². The monoisotopic (exact) mass is 572 g/mol. The van der Waals surface area contributed by atoms with Crippen molar-refractivity contribution in [1.29, 1.82) is 0 Å². The molecule has 10 nitrogen and oxygen atoms in total. The molecule has 1 aromatic heterocycles. The van der Waals surface area contributed by atoms with Gasteiger partial charge in [-0.25, -0.2) is 4.79 Å². The van der Waals surface area contributed by atoms with E-state index in [1.807, 2.05) is 25.7 Å². The molecule has 0 aromatic carbocycles. The molecule has 2 unspecified atom stereocenters.